The van der Waals surface area contributed by atoms with E-state index in [1.165, 1.54) is 163 Å². The van der Waals surface area contributed by atoms with Gasteiger partial charge >= 0.3 is 0 Å². The van der Waals surface area contributed by atoms with Crippen molar-refractivity contribution in [2.45, 2.75) is 162 Å². The zero-order valence-corrected chi connectivity index (χ0v) is 35.0. The minimum atomic E-state index is -4.25. The molecule has 0 heterocycles. The summed E-state index contributed by atoms with van der Waals surface area (Å²) in [7, 11) is -5.20. The van der Waals surface area contributed by atoms with Gasteiger partial charge in [0.2, 0.25) is 0 Å². The Morgan fingerprint density at radius 1 is 0.490 bits per heavy atom. The molecule has 0 aliphatic carbocycles. The first-order valence-electron chi connectivity index (χ1n) is 20.4. The number of hydrogen-bond donors (Lipinski definition) is 1. The van der Waals surface area contributed by atoms with E-state index in [2.05, 4.69) is 63.8 Å². The van der Waals surface area contributed by atoms with E-state index in [9.17, 15) is 13.0 Å². The van der Waals surface area contributed by atoms with Crippen molar-refractivity contribution >= 4 is 34.0 Å². The lowest BCUT2D eigenvalue weighted by molar-refractivity contribution is 0.254. The van der Waals surface area contributed by atoms with Gasteiger partial charge in [0.1, 0.15) is 0 Å². The second-order valence-electron chi connectivity index (χ2n) is 14.5. The van der Waals surface area contributed by atoms with E-state index in [-0.39, 0.29) is 4.90 Å². The fourth-order valence-electron chi connectivity index (χ4n) is 6.69. The molecule has 0 unspecified atom stereocenters. The predicted octanol–water partition coefficient (Wildman–Crippen LogP) is 12.0. The van der Waals surface area contributed by atoms with E-state index in [1.54, 1.807) is 12.1 Å². The zero-order chi connectivity index (χ0) is 37.3. The van der Waals surface area contributed by atoms with Gasteiger partial charge in [-0.2, -0.15) is 8.42 Å². The first-order chi connectivity index (χ1) is 24.6. The smallest absolute Gasteiger partial charge is 0.294 e. The molecule has 0 atom stereocenters. The Hall–Kier alpha value is -2.04. The molecule has 0 saturated heterocycles. The summed E-state index contributed by atoms with van der Waals surface area (Å²) in [6.45, 7) is 17.1. The van der Waals surface area contributed by atoms with Crippen LogP contribution in [0.25, 0.3) is 0 Å². The Kier molecular flexibility index (Phi) is 23.6. The summed E-state index contributed by atoms with van der Waals surface area (Å²) in [4.78, 5) is 2.73. The minimum Gasteiger partial charge on any atom is -0.303 e. The van der Waals surface area contributed by atoms with Crippen LogP contribution in [0.3, 0.4) is 0 Å². The van der Waals surface area contributed by atoms with E-state index >= 15 is 0 Å². The Morgan fingerprint density at radius 3 is 1.22 bits per heavy atom. The molecule has 51 heavy (non-hydrogen) atoms. The molecule has 0 saturated carbocycles. The van der Waals surface area contributed by atoms with Gasteiger partial charge in [-0.1, -0.05) is 172 Å². The molecule has 0 fully saturated rings. The van der Waals surface area contributed by atoms with Crippen molar-refractivity contribution in [3.05, 3.63) is 83.4 Å². The summed E-state index contributed by atoms with van der Waals surface area (Å²) in [6.07, 6.45) is 25.7. The van der Waals surface area contributed by atoms with Crippen LogP contribution in [-0.4, -0.2) is 37.5 Å². The van der Waals surface area contributed by atoms with Crippen LogP contribution in [0.5, 0.6) is 0 Å². The molecule has 4 nitrogen and oxygen atoms in total. The monoisotopic (exact) mass is 737 g/mol. The molecule has 0 amide bonds. The lowest BCUT2D eigenvalue weighted by Crippen LogP contribution is -2.27. The Morgan fingerprint density at radius 2 is 0.843 bits per heavy atom. The molecule has 3 aromatic carbocycles. The van der Waals surface area contributed by atoms with Gasteiger partial charge in [0.05, 0.1) is 4.90 Å². The van der Waals surface area contributed by atoms with Crippen LogP contribution in [-0.2, 0) is 10.1 Å². The summed E-state index contributed by atoms with van der Waals surface area (Å²) in [5.41, 5.74) is 3.34. The predicted molar refractivity (Wildman–Crippen MR) is 226 cm³/mol. The average molecular weight is 738 g/mol. The average Bonchev–Trinajstić information content (AvgIpc) is 3.11. The molecule has 1 N–H and O–H groups in total. The third-order valence-corrected chi connectivity index (χ3v) is 13.7. The normalized spacial score (nSPS) is 11.6. The Bertz CT molecular complexity index is 1370. The summed E-state index contributed by atoms with van der Waals surface area (Å²) >= 11 is 0. The molecule has 0 aliphatic heterocycles. The van der Waals surface area contributed by atoms with Crippen LogP contribution >= 0.6 is 7.92 Å². The highest BCUT2D eigenvalue weighted by Crippen LogP contribution is 2.37. The van der Waals surface area contributed by atoms with Gasteiger partial charge < -0.3 is 4.90 Å². The molecule has 0 radical (unpaired) electrons. The van der Waals surface area contributed by atoms with E-state index in [1.807, 2.05) is 31.2 Å². The number of nitrogens with zero attached hydrogens (tertiary/aromatic N) is 1. The quantitative estimate of drug-likeness (QED) is 0.0534. The van der Waals surface area contributed by atoms with Gasteiger partial charge in [0.25, 0.3) is 10.1 Å². The fraction of sp³-hybridized carbons (Fsp3) is 0.600. The third kappa shape index (κ3) is 18.0. The summed E-state index contributed by atoms with van der Waals surface area (Å²) in [6, 6.07) is 21.2. The zero-order valence-electron chi connectivity index (χ0n) is 33.3. The highest BCUT2D eigenvalue weighted by Gasteiger charge is 2.23. The second kappa shape index (κ2) is 26.7. The van der Waals surface area contributed by atoms with Crippen LogP contribution in [0.4, 0.5) is 0 Å². The number of benzene rings is 3. The van der Waals surface area contributed by atoms with E-state index in [4.69, 9.17) is 0 Å². The van der Waals surface area contributed by atoms with Crippen molar-refractivity contribution in [3.8, 4) is 0 Å². The molecular formula is C45H72NO3PS. The molecule has 3 aromatic rings. The minimum absolute atomic E-state index is 0.0623. The molecule has 286 valence electrons. The van der Waals surface area contributed by atoms with Gasteiger partial charge in [-0.05, 0) is 112 Å². The first-order valence-corrected chi connectivity index (χ1v) is 23.1. The lowest BCUT2D eigenvalue weighted by atomic mass is 10.1. The Labute approximate surface area is 315 Å². The van der Waals surface area contributed by atoms with Gasteiger partial charge in [-0.3, -0.25) is 4.55 Å². The molecule has 0 aromatic heterocycles. The fourth-order valence-corrected chi connectivity index (χ4v) is 10.1. The molecule has 0 spiro atoms. The highest BCUT2D eigenvalue weighted by atomic mass is 32.2. The SMILES string of the molecule is CCCCCCCCN(CCCCCCCC)CCCCCCCC.Cc1ccccc1P(c1ccccc1C)c1cc(S(=O)(=O)O)ccc1C. The topological polar surface area (TPSA) is 57.6 Å². The largest absolute Gasteiger partial charge is 0.303 e. The van der Waals surface area contributed by atoms with Crippen LogP contribution in [0.2, 0.25) is 0 Å². The van der Waals surface area contributed by atoms with Crippen molar-refractivity contribution in [2.75, 3.05) is 19.6 Å². The van der Waals surface area contributed by atoms with E-state index in [0.717, 1.165) is 10.9 Å². The second-order valence-corrected chi connectivity index (χ2v) is 18.0. The molecule has 3 rings (SSSR count). The van der Waals surface area contributed by atoms with Crippen molar-refractivity contribution in [1.82, 2.24) is 4.90 Å². The molecule has 0 bridgehead atoms. The van der Waals surface area contributed by atoms with Crippen LogP contribution < -0.4 is 15.9 Å². The number of rotatable bonds is 25. The summed E-state index contributed by atoms with van der Waals surface area (Å²) < 4.78 is 32.9. The third-order valence-electron chi connectivity index (χ3n) is 9.92. The molecule has 6 heteroatoms. The number of aryl methyl sites for hydroxylation is 3. The summed E-state index contributed by atoms with van der Waals surface area (Å²) in [5, 5.41) is 3.32. The van der Waals surface area contributed by atoms with Crippen molar-refractivity contribution in [1.29, 1.82) is 0 Å². The van der Waals surface area contributed by atoms with Gasteiger partial charge in [0.15, 0.2) is 0 Å². The summed E-state index contributed by atoms with van der Waals surface area (Å²) in [5.74, 6) is 0. The first kappa shape index (κ1) is 45.1. The number of hydrogen-bond acceptors (Lipinski definition) is 3. The maximum atomic E-state index is 11.7. The van der Waals surface area contributed by atoms with Crippen molar-refractivity contribution < 1.29 is 13.0 Å². The molecule has 0 aliphatic rings. The van der Waals surface area contributed by atoms with Crippen LogP contribution in [0, 0.1) is 20.8 Å². The van der Waals surface area contributed by atoms with Crippen LogP contribution in [0.1, 0.15) is 153 Å². The van der Waals surface area contributed by atoms with Crippen molar-refractivity contribution in [3.63, 3.8) is 0 Å². The Balaban J connectivity index is 0.000000354. The maximum absolute atomic E-state index is 11.7. The van der Waals surface area contributed by atoms with Gasteiger partial charge in [0, 0.05) is 0 Å². The van der Waals surface area contributed by atoms with Crippen LogP contribution in [0.15, 0.2) is 71.6 Å². The standard InChI is InChI=1S/C24H51N.C21H21O3PS/c1-4-7-10-13-16-19-22-25(23-20-17-14-11-8-5-2)24-21-18-15-12-9-6-3;1-15-8-4-6-10-19(15)25(20-11-7-5-9-16(20)2)21-14-18(26(22,23)24)13-12-17(21)3/h4-24H2,1-3H3;4-14H,1-3H3,(H,22,23,24). The highest BCUT2D eigenvalue weighted by molar-refractivity contribution is 7.86. The lowest BCUT2D eigenvalue weighted by Gasteiger charge is -2.24. The van der Waals surface area contributed by atoms with E-state index in [0.29, 0.717) is 0 Å². The van der Waals surface area contributed by atoms with Crippen molar-refractivity contribution in [2.24, 2.45) is 0 Å². The van der Waals surface area contributed by atoms with Gasteiger partial charge in [-0.15, -0.1) is 0 Å². The van der Waals surface area contributed by atoms with E-state index < -0.39 is 18.0 Å². The number of unbranched alkanes of at least 4 members (excludes halogenated alkanes) is 15. The molecular weight excluding hydrogens is 666 g/mol. The maximum Gasteiger partial charge on any atom is 0.294 e. The van der Waals surface area contributed by atoms with Gasteiger partial charge in [-0.25, -0.2) is 0 Å².